The van der Waals surface area contributed by atoms with Crippen molar-refractivity contribution in [2.45, 2.75) is 12.0 Å². The van der Waals surface area contributed by atoms with Gasteiger partial charge >= 0.3 is 0 Å². The molecule has 0 bridgehead atoms. The number of benzene rings is 1. The summed E-state index contributed by atoms with van der Waals surface area (Å²) in [6.07, 6.45) is 0. The number of para-hydroxylation sites is 1. The van der Waals surface area contributed by atoms with Gasteiger partial charge in [-0.1, -0.05) is 24.3 Å². The van der Waals surface area contributed by atoms with E-state index in [9.17, 15) is 4.79 Å². The molecule has 2 unspecified atom stereocenters. The second-order valence-electron chi connectivity index (χ2n) is 5.64. The zero-order valence-corrected chi connectivity index (χ0v) is 13.6. The van der Waals surface area contributed by atoms with Gasteiger partial charge in [0.05, 0.1) is 6.04 Å². The molecule has 0 fully saturated rings. The monoisotopic (exact) mass is 316 g/mol. The van der Waals surface area contributed by atoms with E-state index < -0.39 is 0 Å². The minimum Gasteiger partial charge on any atom is -0.492 e. The van der Waals surface area contributed by atoms with Crippen LogP contribution in [0.25, 0.3) is 0 Å². The van der Waals surface area contributed by atoms with Gasteiger partial charge in [-0.2, -0.15) is 0 Å². The third-order valence-electron chi connectivity index (χ3n) is 3.98. The number of rotatable bonds is 5. The molecule has 116 valence electrons. The largest absolute Gasteiger partial charge is 0.492 e. The molecule has 5 heteroatoms. The zero-order chi connectivity index (χ0) is 15.5. The Balaban J connectivity index is 1.65. The molecular weight excluding hydrogens is 296 g/mol. The molecule has 0 radical (unpaired) electrons. The van der Waals surface area contributed by atoms with Gasteiger partial charge in [0.25, 0.3) is 0 Å². The van der Waals surface area contributed by atoms with Crippen LogP contribution >= 0.6 is 11.3 Å². The molecule has 2 aromatic rings. The Morgan fingerprint density at radius 2 is 2.18 bits per heavy atom. The number of nitrogens with one attached hydrogen (secondary N) is 1. The van der Waals surface area contributed by atoms with Crippen molar-refractivity contribution in [1.82, 2.24) is 10.2 Å². The summed E-state index contributed by atoms with van der Waals surface area (Å²) in [6, 6.07) is 12.1. The number of fused-ring (bicyclic) bond motifs is 1. The highest BCUT2D eigenvalue weighted by molar-refractivity contribution is 7.10. The molecule has 1 amide bonds. The van der Waals surface area contributed by atoms with E-state index in [1.165, 1.54) is 4.88 Å². The number of carbonyl (C=O) groups is 1. The second kappa shape index (κ2) is 6.50. The summed E-state index contributed by atoms with van der Waals surface area (Å²) in [4.78, 5) is 15.9. The lowest BCUT2D eigenvalue weighted by Crippen LogP contribution is -2.37. The molecule has 1 aliphatic rings. The number of hydrogen-bond acceptors (Lipinski definition) is 4. The van der Waals surface area contributed by atoms with Crippen LogP contribution in [0.1, 0.15) is 22.4 Å². The van der Waals surface area contributed by atoms with Crippen LogP contribution in [0.15, 0.2) is 41.8 Å². The molecule has 22 heavy (non-hydrogen) atoms. The van der Waals surface area contributed by atoms with Crippen LogP contribution in [0.5, 0.6) is 5.75 Å². The second-order valence-corrected chi connectivity index (χ2v) is 6.62. The van der Waals surface area contributed by atoms with Crippen molar-refractivity contribution >= 4 is 17.2 Å². The minimum atomic E-state index is -0.206. The van der Waals surface area contributed by atoms with Crippen LogP contribution in [0.3, 0.4) is 0 Å². The molecule has 0 saturated carbocycles. The molecule has 0 aliphatic carbocycles. The summed E-state index contributed by atoms with van der Waals surface area (Å²) in [7, 11) is 4.06. The maximum Gasteiger partial charge on any atom is 0.231 e. The molecular formula is C17H20N2O2S. The van der Waals surface area contributed by atoms with E-state index in [1.807, 2.05) is 44.4 Å². The van der Waals surface area contributed by atoms with E-state index in [1.54, 1.807) is 11.3 Å². The van der Waals surface area contributed by atoms with Gasteiger partial charge in [-0.15, -0.1) is 11.3 Å². The zero-order valence-electron chi connectivity index (χ0n) is 12.8. The molecule has 1 N–H and O–H groups in total. The normalized spacial score (nSPS) is 17.9. The molecule has 2 heterocycles. The van der Waals surface area contributed by atoms with Crippen LogP contribution in [0.2, 0.25) is 0 Å². The lowest BCUT2D eigenvalue weighted by atomic mass is 10.0. The number of carbonyl (C=O) groups excluding carboxylic acids is 1. The average Bonchev–Trinajstić information content (AvgIpc) is 3.16. The molecule has 3 rings (SSSR count). The van der Waals surface area contributed by atoms with E-state index in [2.05, 4.69) is 21.7 Å². The van der Waals surface area contributed by atoms with E-state index in [-0.39, 0.29) is 17.9 Å². The summed E-state index contributed by atoms with van der Waals surface area (Å²) in [5, 5.41) is 5.15. The summed E-state index contributed by atoms with van der Waals surface area (Å²) in [6.45, 7) is 1.03. The number of nitrogens with zero attached hydrogens (tertiary/aromatic N) is 1. The minimum absolute atomic E-state index is 0.0355. The summed E-state index contributed by atoms with van der Waals surface area (Å²) in [5.41, 5.74) is 0.984. The molecule has 1 aromatic heterocycles. The Hall–Kier alpha value is -1.85. The van der Waals surface area contributed by atoms with Gasteiger partial charge < -0.3 is 15.0 Å². The standard InChI is InChI=1S/C17H20N2O2S/c1-19(2)14(16-8-5-9-22-16)10-18-17(20)13-11-21-15-7-4-3-6-12(13)15/h3-9,13-14H,10-11H2,1-2H3,(H,18,20). The highest BCUT2D eigenvalue weighted by atomic mass is 32.1. The first-order chi connectivity index (χ1) is 10.7. The number of amides is 1. The fraction of sp³-hybridized carbons (Fsp3) is 0.353. The summed E-state index contributed by atoms with van der Waals surface area (Å²) in [5.74, 6) is 0.653. The Bertz CT molecular complexity index is 640. The third kappa shape index (κ3) is 3.00. The van der Waals surface area contributed by atoms with Gasteiger partial charge in [0, 0.05) is 17.0 Å². The molecule has 0 spiro atoms. The first-order valence-corrected chi connectivity index (χ1v) is 8.24. The van der Waals surface area contributed by atoms with Gasteiger partial charge in [0.15, 0.2) is 0 Å². The average molecular weight is 316 g/mol. The number of ether oxygens (including phenoxy) is 1. The maximum atomic E-state index is 12.5. The molecule has 0 saturated heterocycles. The van der Waals surface area contributed by atoms with Crippen molar-refractivity contribution in [3.8, 4) is 5.75 Å². The van der Waals surface area contributed by atoms with Crippen molar-refractivity contribution in [1.29, 1.82) is 0 Å². The Labute approximate surface area is 134 Å². The smallest absolute Gasteiger partial charge is 0.231 e. The van der Waals surface area contributed by atoms with E-state index in [4.69, 9.17) is 4.74 Å². The summed E-state index contributed by atoms with van der Waals surface area (Å²) < 4.78 is 5.59. The highest BCUT2D eigenvalue weighted by Crippen LogP contribution is 2.33. The van der Waals surface area contributed by atoms with E-state index >= 15 is 0 Å². The topological polar surface area (TPSA) is 41.6 Å². The first kappa shape index (κ1) is 15.1. The van der Waals surface area contributed by atoms with Crippen LogP contribution in [0.4, 0.5) is 0 Å². The van der Waals surface area contributed by atoms with Gasteiger partial charge in [0.1, 0.15) is 18.3 Å². The van der Waals surface area contributed by atoms with Crippen LogP contribution in [0, 0.1) is 0 Å². The fourth-order valence-corrected chi connectivity index (χ4v) is 3.64. The maximum absolute atomic E-state index is 12.5. The van der Waals surface area contributed by atoms with Gasteiger partial charge in [0.2, 0.25) is 5.91 Å². The number of thiophene rings is 1. The molecule has 1 aromatic carbocycles. The SMILES string of the molecule is CN(C)C(CNC(=O)C1COc2ccccc21)c1cccs1. The Kier molecular flexibility index (Phi) is 4.45. The van der Waals surface area contributed by atoms with Crippen LogP contribution in [-0.2, 0) is 4.79 Å². The molecule has 4 nitrogen and oxygen atoms in total. The van der Waals surface area contributed by atoms with Crippen molar-refractivity contribution in [2.24, 2.45) is 0 Å². The van der Waals surface area contributed by atoms with Gasteiger partial charge in [-0.25, -0.2) is 0 Å². The van der Waals surface area contributed by atoms with Crippen molar-refractivity contribution in [3.63, 3.8) is 0 Å². The lowest BCUT2D eigenvalue weighted by molar-refractivity contribution is -0.122. The Morgan fingerprint density at radius 1 is 1.36 bits per heavy atom. The van der Waals surface area contributed by atoms with Gasteiger partial charge in [-0.3, -0.25) is 4.79 Å². The van der Waals surface area contributed by atoms with Crippen LogP contribution < -0.4 is 10.1 Å². The van der Waals surface area contributed by atoms with E-state index in [0.717, 1.165) is 11.3 Å². The van der Waals surface area contributed by atoms with Crippen LogP contribution in [-0.4, -0.2) is 38.1 Å². The Morgan fingerprint density at radius 3 is 2.91 bits per heavy atom. The van der Waals surface area contributed by atoms with Crippen molar-refractivity contribution in [2.75, 3.05) is 27.2 Å². The summed E-state index contributed by atoms with van der Waals surface area (Å²) >= 11 is 1.71. The van der Waals surface area contributed by atoms with Gasteiger partial charge in [-0.05, 0) is 31.6 Å². The van der Waals surface area contributed by atoms with E-state index in [0.29, 0.717) is 13.2 Å². The first-order valence-electron chi connectivity index (χ1n) is 7.36. The fourth-order valence-electron chi connectivity index (χ4n) is 2.72. The van der Waals surface area contributed by atoms with Crippen molar-refractivity contribution < 1.29 is 9.53 Å². The van der Waals surface area contributed by atoms with Crippen molar-refractivity contribution in [3.05, 3.63) is 52.2 Å². The molecule has 2 atom stereocenters. The number of likely N-dealkylation sites (N-methyl/N-ethyl adjacent to an activating group) is 1. The quantitative estimate of drug-likeness (QED) is 0.922. The molecule has 1 aliphatic heterocycles. The number of hydrogen-bond donors (Lipinski definition) is 1. The highest BCUT2D eigenvalue weighted by Gasteiger charge is 2.30. The predicted molar refractivity (Wildman–Crippen MR) is 88.4 cm³/mol. The predicted octanol–water partition coefficient (Wildman–Crippen LogP) is 2.64. The third-order valence-corrected chi connectivity index (χ3v) is 4.95. The lowest BCUT2D eigenvalue weighted by Gasteiger charge is -2.24.